The number of aromatic nitrogens is 1. The van der Waals surface area contributed by atoms with Crippen LogP contribution in [0, 0.1) is 0 Å². The summed E-state index contributed by atoms with van der Waals surface area (Å²) in [7, 11) is 5.63. The van der Waals surface area contributed by atoms with Crippen LogP contribution in [0.1, 0.15) is 22.9 Å². The predicted octanol–water partition coefficient (Wildman–Crippen LogP) is 4.38. The van der Waals surface area contributed by atoms with Gasteiger partial charge in [-0.05, 0) is 53.9 Å². The highest BCUT2D eigenvalue weighted by atomic mass is 16.6. The number of benzene rings is 2. The summed E-state index contributed by atoms with van der Waals surface area (Å²) in [5.74, 6) is 0.795. The van der Waals surface area contributed by atoms with Gasteiger partial charge in [-0.2, -0.15) is 0 Å². The van der Waals surface area contributed by atoms with E-state index in [2.05, 4.69) is 10.3 Å². The number of alkyl carbamates (subject to hydrolysis) is 1. The van der Waals surface area contributed by atoms with E-state index in [1.807, 2.05) is 85.7 Å². The van der Waals surface area contributed by atoms with Gasteiger partial charge in [0, 0.05) is 26.0 Å². The third-order valence-electron chi connectivity index (χ3n) is 5.14. The molecular formula is C26H31N3O4. The molecule has 7 nitrogen and oxygen atoms in total. The van der Waals surface area contributed by atoms with E-state index >= 15 is 0 Å². The Morgan fingerprint density at radius 3 is 2.39 bits per heavy atom. The van der Waals surface area contributed by atoms with E-state index in [9.17, 15) is 4.79 Å². The molecular weight excluding hydrogens is 418 g/mol. The minimum atomic E-state index is -0.480. The van der Waals surface area contributed by atoms with E-state index in [0.717, 1.165) is 28.3 Å². The van der Waals surface area contributed by atoms with Gasteiger partial charge in [-0.15, -0.1) is 0 Å². The summed E-state index contributed by atoms with van der Waals surface area (Å²) in [6, 6.07) is 21.4. The van der Waals surface area contributed by atoms with E-state index in [0.29, 0.717) is 19.6 Å². The number of nitrogens with one attached hydrogen (secondary N) is 1. The van der Waals surface area contributed by atoms with Gasteiger partial charge in [0.2, 0.25) is 0 Å². The summed E-state index contributed by atoms with van der Waals surface area (Å²) < 4.78 is 16.1. The number of carbonyl (C=O) groups is 1. The normalized spacial score (nSPS) is 11.5. The number of methoxy groups -OCH3 is 1. The maximum atomic E-state index is 12.5. The molecule has 0 aliphatic carbocycles. The molecule has 3 rings (SSSR count). The second-order valence-corrected chi connectivity index (χ2v) is 7.74. The molecule has 1 heterocycles. The van der Waals surface area contributed by atoms with Crippen molar-refractivity contribution >= 4 is 11.8 Å². The van der Waals surface area contributed by atoms with Gasteiger partial charge in [0.25, 0.3) is 0 Å². The largest absolute Gasteiger partial charge is 0.497 e. The maximum absolute atomic E-state index is 12.5. The maximum Gasteiger partial charge on any atom is 0.407 e. The highest BCUT2D eigenvalue weighted by molar-refractivity contribution is 5.68. The first kappa shape index (κ1) is 24.1. The second kappa shape index (κ2) is 12.5. The van der Waals surface area contributed by atoms with Crippen LogP contribution in [0.15, 0.2) is 72.9 Å². The average molecular weight is 450 g/mol. The molecule has 1 unspecified atom stereocenters. The number of nitrogens with zero attached hydrogens (tertiary/aromatic N) is 2. The zero-order valence-corrected chi connectivity index (χ0v) is 19.4. The van der Waals surface area contributed by atoms with Crippen LogP contribution in [0.5, 0.6) is 5.75 Å². The molecule has 0 spiro atoms. The Balaban J connectivity index is 1.57. The quantitative estimate of drug-likeness (QED) is 0.438. The number of hydrogen-bond acceptors (Lipinski definition) is 6. The number of rotatable bonds is 11. The number of pyridine rings is 1. The van der Waals surface area contributed by atoms with Crippen molar-refractivity contribution in [1.82, 2.24) is 10.3 Å². The monoisotopic (exact) mass is 449 g/mol. The molecule has 0 saturated heterocycles. The van der Waals surface area contributed by atoms with Crippen molar-refractivity contribution in [2.24, 2.45) is 0 Å². The van der Waals surface area contributed by atoms with Crippen molar-refractivity contribution in [2.45, 2.75) is 19.1 Å². The van der Waals surface area contributed by atoms with E-state index in [-0.39, 0.29) is 12.6 Å². The molecule has 1 aromatic heterocycles. The minimum absolute atomic E-state index is 0.160. The molecule has 0 aliphatic rings. The Kier molecular flexibility index (Phi) is 9.08. The second-order valence-electron chi connectivity index (χ2n) is 7.74. The van der Waals surface area contributed by atoms with Crippen molar-refractivity contribution < 1.29 is 19.0 Å². The number of amides is 1. The van der Waals surface area contributed by atoms with Crippen LogP contribution < -0.4 is 15.0 Å². The van der Waals surface area contributed by atoms with Crippen LogP contribution in [0.4, 0.5) is 10.5 Å². The summed E-state index contributed by atoms with van der Waals surface area (Å²) in [5, 5.41) is 2.99. The molecule has 1 amide bonds. The number of hydrogen-bond donors (Lipinski definition) is 1. The fraction of sp³-hybridized carbons (Fsp3) is 0.308. The zero-order chi connectivity index (χ0) is 23.5. The summed E-state index contributed by atoms with van der Waals surface area (Å²) in [6.45, 7) is 0.836. The Morgan fingerprint density at radius 2 is 1.76 bits per heavy atom. The topological polar surface area (TPSA) is 72.9 Å². The lowest BCUT2D eigenvalue weighted by atomic mass is 9.98. The Hall–Kier alpha value is -3.58. The molecule has 0 aliphatic heterocycles. The van der Waals surface area contributed by atoms with Crippen molar-refractivity contribution in [3.05, 3.63) is 89.7 Å². The smallest absolute Gasteiger partial charge is 0.407 e. The zero-order valence-electron chi connectivity index (χ0n) is 19.4. The SMILES string of the molecule is COc1ccc(CC(NC(=O)OCCOCc2ccccn2)c2ccc(N(C)C)cc2)cc1. The van der Waals surface area contributed by atoms with Crippen LogP contribution in [0.2, 0.25) is 0 Å². The van der Waals surface area contributed by atoms with Gasteiger partial charge in [-0.1, -0.05) is 30.3 Å². The van der Waals surface area contributed by atoms with Crippen LogP contribution in [0.25, 0.3) is 0 Å². The van der Waals surface area contributed by atoms with Gasteiger partial charge in [-0.25, -0.2) is 4.79 Å². The van der Waals surface area contributed by atoms with Gasteiger partial charge < -0.3 is 24.4 Å². The molecule has 174 valence electrons. The molecule has 0 radical (unpaired) electrons. The fourth-order valence-corrected chi connectivity index (χ4v) is 3.29. The lowest BCUT2D eigenvalue weighted by Crippen LogP contribution is -2.31. The van der Waals surface area contributed by atoms with Gasteiger partial charge >= 0.3 is 6.09 Å². The third kappa shape index (κ3) is 7.80. The van der Waals surface area contributed by atoms with Gasteiger partial charge in [-0.3, -0.25) is 4.98 Å². The third-order valence-corrected chi connectivity index (χ3v) is 5.14. The van der Waals surface area contributed by atoms with Crippen LogP contribution in [0.3, 0.4) is 0 Å². The summed E-state index contributed by atoms with van der Waals surface area (Å²) in [5.41, 5.74) is 4.01. The summed E-state index contributed by atoms with van der Waals surface area (Å²) in [6.07, 6.45) is 1.86. The first-order valence-electron chi connectivity index (χ1n) is 10.9. The van der Waals surface area contributed by atoms with Crippen molar-refractivity contribution in [2.75, 3.05) is 39.3 Å². The van der Waals surface area contributed by atoms with Crippen molar-refractivity contribution in [3.8, 4) is 5.75 Å². The lowest BCUT2D eigenvalue weighted by Gasteiger charge is -2.21. The molecule has 33 heavy (non-hydrogen) atoms. The van der Waals surface area contributed by atoms with Crippen molar-refractivity contribution in [1.29, 1.82) is 0 Å². The number of anilines is 1. The van der Waals surface area contributed by atoms with E-state index < -0.39 is 6.09 Å². The highest BCUT2D eigenvalue weighted by Gasteiger charge is 2.17. The molecule has 2 aromatic carbocycles. The summed E-state index contributed by atoms with van der Waals surface area (Å²) in [4.78, 5) is 18.7. The summed E-state index contributed by atoms with van der Waals surface area (Å²) >= 11 is 0. The van der Waals surface area contributed by atoms with Crippen LogP contribution in [-0.2, 0) is 22.5 Å². The first-order chi connectivity index (χ1) is 16.0. The van der Waals surface area contributed by atoms with Crippen LogP contribution in [-0.4, -0.2) is 45.5 Å². The molecule has 0 saturated carbocycles. The molecule has 3 aromatic rings. The van der Waals surface area contributed by atoms with E-state index in [4.69, 9.17) is 14.2 Å². The van der Waals surface area contributed by atoms with Crippen LogP contribution >= 0.6 is 0 Å². The van der Waals surface area contributed by atoms with Gasteiger partial charge in [0.05, 0.1) is 32.1 Å². The Morgan fingerprint density at radius 1 is 1.00 bits per heavy atom. The number of carbonyl (C=O) groups excluding carboxylic acids is 1. The Labute approximate surface area is 195 Å². The van der Waals surface area contributed by atoms with Gasteiger partial charge in [0.1, 0.15) is 12.4 Å². The van der Waals surface area contributed by atoms with Gasteiger partial charge in [0.15, 0.2) is 0 Å². The van der Waals surface area contributed by atoms with E-state index in [1.165, 1.54) is 0 Å². The number of ether oxygens (including phenoxy) is 3. The standard InChI is InChI=1S/C26H31N3O4/c1-29(2)23-11-9-21(10-12-23)25(18-20-7-13-24(31-3)14-8-20)28-26(30)33-17-16-32-19-22-6-4-5-15-27-22/h4-15,25H,16-19H2,1-3H3,(H,28,30). The van der Waals surface area contributed by atoms with Crippen molar-refractivity contribution in [3.63, 3.8) is 0 Å². The molecule has 1 N–H and O–H groups in total. The molecule has 0 bridgehead atoms. The molecule has 7 heteroatoms. The average Bonchev–Trinajstić information content (AvgIpc) is 2.84. The molecule has 1 atom stereocenters. The fourth-order valence-electron chi connectivity index (χ4n) is 3.29. The first-order valence-corrected chi connectivity index (χ1v) is 10.9. The predicted molar refractivity (Wildman–Crippen MR) is 129 cm³/mol. The lowest BCUT2D eigenvalue weighted by molar-refractivity contribution is 0.0623. The molecule has 0 fully saturated rings. The van der Waals surface area contributed by atoms with E-state index in [1.54, 1.807) is 13.3 Å². The highest BCUT2D eigenvalue weighted by Crippen LogP contribution is 2.23. The minimum Gasteiger partial charge on any atom is -0.497 e. The Bertz CT molecular complexity index is 977.